The number of halogens is 2. The van der Waals surface area contributed by atoms with Crippen molar-refractivity contribution in [3.63, 3.8) is 0 Å². The van der Waals surface area contributed by atoms with Gasteiger partial charge in [0, 0.05) is 17.0 Å². The zero-order chi connectivity index (χ0) is 14.2. The summed E-state index contributed by atoms with van der Waals surface area (Å²) in [4.78, 5) is 12.0. The number of carboxylic acids is 1. The third kappa shape index (κ3) is 2.88. The van der Waals surface area contributed by atoms with Crippen LogP contribution >= 0.6 is 35.0 Å². The van der Waals surface area contributed by atoms with Gasteiger partial charge in [0.05, 0.1) is 10.7 Å². The van der Waals surface area contributed by atoms with Crippen molar-refractivity contribution in [3.8, 4) is 0 Å². The normalized spacial score (nSPS) is 10.7. The summed E-state index contributed by atoms with van der Waals surface area (Å²) in [5.74, 6) is -1.01. The number of rotatable bonds is 3. The van der Waals surface area contributed by atoms with Gasteiger partial charge in [0.25, 0.3) is 0 Å². The van der Waals surface area contributed by atoms with E-state index in [9.17, 15) is 9.90 Å². The molecule has 0 saturated heterocycles. The maximum Gasteiger partial charge on any atom is 0.340 e. The summed E-state index contributed by atoms with van der Waals surface area (Å²) in [6, 6.07) is 5.05. The van der Waals surface area contributed by atoms with Gasteiger partial charge in [-0.15, -0.1) is 0 Å². The predicted octanol–water partition coefficient (Wildman–Crippen LogP) is 3.88. The molecule has 2 aromatic rings. The summed E-state index contributed by atoms with van der Waals surface area (Å²) in [5.41, 5.74) is 0.652. The van der Waals surface area contributed by atoms with Crippen LogP contribution in [-0.4, -0.2) is 20.9 Å². The molecule has 0 saturated carbocycles. The van der Waals surface area contributed by atoms with Gasteiger partial charge < -0.3 is 5.11 Å². The van der Waals surface area contributed by atoms with Crippen LogP contribution in [-0.2, 0) is 7.05 Å². The lowest BCUT2D eigenvalue weighted by Gasteiger charge is -2.06. The first-order valence-electron chi connectivity index (χ1n) is 5.30. The molecule has 0 aliphatic heterocycles. The van der Waals surface area contributed by atoms with Crippen LogP contribution in [0, 0.1) is 6.92 Å². The topological polar surface area (TPSA) is 55.1 Å². The van der Waals surface area contributed by atoms with Crippen LogP contribution in [0.15, 0.2) is 28.1 Å². The summed E-state index contributed by atoms with van der Waals surface area (Å²) < 4.78 is 1.53. The number of benzene rings is 1. The van der Waals surface area contributed by atoms with Crippen molar-refractivity contribution < 1.29 is 9.90 Å². The van der Waals surface area contributed by atoms with E-state index in [1.54, 1.807) is 32.2 Å². The van der Waals surface area contributed by atoms with Crippen molar-refractivity contribution >= 4 is 40.9 Å². The Kier molecular flexibility index (Phi) is 4.08. The van der Waals surface area contributed by atoms with Crippen LogP contribution in [0.3, 0.4) is 0 Å². The second-order valence-corrected chi connectivity index (χ2v) is 5.75. The second kappa shape index (κ2) is 5.45. The van der Waals surface area contributed by atoms with Gasteiger partial charge in [-0.25, -0.2) is 4.79 Å². The highest BCUT2D eigenvalue weighted by Crippen LogP contribution is 2.37. The van der Waals surface area contributed by atoms with Crippen molar-refractivity contribution in [1.82, 2.24) is 9.78 Å². The molecule has 0 bridgehead atoms. The van der Waals surface area contributed by atoms with Gasteiger partial charge in [0.2, 0.25) is 0 Å². The zero-order valence-corrected chi connectivity index (χ0v) is 12.5. The van der Waals surface area contributed by atoms with Crippen molar-refractivity contribution in [3.05, 3.63) is 39.5 Å². The Morgan fingerprint density at radius 2 is 2.11 bits per heavy atom. The molecule has 7 heteroatoms. The van der Waals surface area contributed by atoms with Gasteiger partial charge in [0.15, 0.2) is 0 Å². The Balaban J connectivity index is 2.49. The van der Waals surface area contributed by atoms with E-state index in [1.807, 2.05) is 0 Å². The van der Waals surface area contributed by atoms with E-state index in [2.05, 4.69) is 5.10 Å². The number of nitrogens with zero attached hydrogens (tertiary/aromatic N) is 2. The van der Waals surface area contributed by atoms with E-state index in [0.717, 1.165) is 0 Å². The lowest BCUT2D eigenvalue weighted by Crippen LogP contribution is -2.00. The van der Waals surface area contributed by atoms with E-state index in [-0.39, 0.29) is 5.56 Å². The minimum atomic E-state index is -1.01. The SMILES string of the molecule is Cc1nn(C)c(Sc2cc(Cl)ccc2Cl)c1C(=O)O. The third-order valence-corrected chi connectivity index (χ3v) is 4.38. The molecule has 0 radical (unpaired) electrons. The Labute approximate surface area is 124 Å². The van der Waals surface area contributed by atoms with Gasteiger partial charge in [0.1, 0.15) is 10.6 Å². The van der Waals surface area contributed by atoms with Crippen LogP contribution in [0.1, 0.15) is 16.1 Å². The molecule has 0 atom stereocenters. The Morgan fingerprint density at radius 3 is 2.74 bits per heavy atom. The smallest absolute Gasteiger partial charge is 0.340 e. The van der Waals surface area contributed by atoms with Crippen LogP contribution < -0.4 is 0 Å². The monoisotopic (exact) mass is 316 g/mol. The number of aromatic nitrogens is 2. The number of aromatic carboxylic acids is 1. The predicted molar refractivity (Wildman–Crippen MR) is 75.5 cm³/mol. The fourth-order valence-corrected chi connectivity index (χ4v) is 3.20. The molecule has 0 fully saturated rings. The summed E-state index contributed by atoms with van der Waals surface area (Å²) in [5, 5.41) is 14.9. The maximum absolute atomic E-state index is 11.3. The second-order valence-electron chi connectivity index (χ2n) is 3.87. The van der Waals surface area contributed by atoms with Gasteiger partial charge in [-0.2, -0.15) is 5.10 Å². The van der Waals surface area contributed by atoms with Gasteiger partial charge in [-0.3, -0.25) is 4.68 Å². The molecular weight excluding hydrogens is 307 g/mol. The van der Waals surface area contributed by atoms with Crippen molar-refractivity contribution in [1.29, 1.82) is 0 Å². The average molecular weight is 317 g/mol. The first-order valence-corrected chi connectivity index (χ1v) is 6.87. The molecular formula is C12H10Cl2N2O2S. The fourth-order valence-electron chi connectivity index (χ4n) is 1.66. The average Bonchev–Trinajstić information content (AvgIpc) is 2.59. The standard InChI is InChI=1S/C12H10Cl2N2O2S/c1-6-10(12(17)18)11(16(2)15-6)19-9-5-7(13)3-4-8(9)14/h3-5H,1-2H3,(H,17,18). The first-order chi connectivity index (χ1) is 8.90. The molecule has 100 valence electrons. The Hall–Kier alpha value is -1.17. The molecule has 1 N–H and O–H groups in total. The largest absolute Gasteiger partial charge is 0.478 e. The number of hydrogen-bond donors (Lipinski definition) is 1. The number of aryl methyl sites for hydroxylation is 2. The van der Waals surface area contributed by atoms with Crippen molar-refractivity contribution in [2.24, 2.45) is 7.05 Å². The zero-order valence-electron chi connectivity index (χ0n) is 10.1. The molecule has 19 heavy (non-hydrogen) atoms. The lowest BCUT2D eigenvalue weighted by atomic mass is 10.3. The van der Waals surface area contributed by atoms with E-state index in [1.165, 1.54) is 16.4 Å². The number of carbonyl (C=O) groups is 1. The van der Waals surface area contributed by atoms with Crippen LogP contribution in [0.2, 0.25) is 10.0 Å². The van der Waals surface area contributed by atoms with Crippen LogP contribution in [0.4, 0.5) is 0 Å². The molecule has 4 nitrogen and oxygen atoms in total. The van der Waals surface area contributed by atoms with E-state index in [4.69, 9.17) is 23.2 Å². The Morgan fingerprint density at radius 1 is 1.42 bits per heavy atom. The molecule has 0 amide bonds. The molecule has 0 spiro atoms. The lowest BCUT2D eigenvalue weighted by molar-refractivity contribution is 0.0692. The van der Waals surface area contributed by atoms with E-state index < -0.39 is 5.97 Å². The quantitative estimate of drug-likeness (QED) is 0.933. The van der Waals surface area contributed by atoms with Gasteiger partial charge in [-0.1, -0.05) is 35.0 Å². The van der Waals surface area contributed by atoms with Gasteiger partial charge in [-0.05, 0) is 25.1 Å². The minimum Gasteiger partial charge on any atom is -0.478 e. The van der Waals surface area contributed by atoms with Gasteiger partial charge >= 0.3 is 5.97 Å². The molecule has 0 aliphatic rings. The van der Waals surface area contributed by atoms with Crippen molar-refractivity contribution in [2.75, 3.05) is 0 Å². The van der Waals surface area contributed by atoms with Crippen molar-refractivity contribution in [2.45, 2.75) is 16.8 Å². The Bertz CT molecular complexity index is 655. The number of carboxylic acid groups (broad SMARTS) is 1. The first kappa shape index (κ1) is 14.2. The fraction of sp³-hybridized carbons (Fsp3) is 0.167. The number of hydrogen-bond acceptors (Lipinski definition) is 3. The summed E-state index contributed by atoms with van der Waals surface area (Å²) in [7, 11) is 1.69. The maximum atomic E-state index is 11.3. The third-order valence-electron chi connectivity index (χ3n) is 2.48. The highest BCUT2D eigenvalue weighted by molar-refractivity contribution is 7.99. The molecule has 1 aromatic carbocycles. The highest BCUT2D eigenvalue weighted by atomic mass is 35.5. The highest BCUT2D eigenvalue weighted by Gasteiger charge is 2.21. The van der Waals surface area contributed by atoms with E-state index in [0.29, 0.717) is 25.7 Å². The summed E-state index contributed by atoms with van der Waals surface area (Å²) in [6.45, 7) is 1.66. The molecule has 0 unspecified atom stereocenters. The minimum absolute atomic E-state index is 0.184. The molecule has 2 rings (SSSR count). The summed E-state index contributed by atoms with van der Waals surface area (Å²) >= 11 is 13.2. The van der Waals surface area contributed by atoms with Crippen LogP contribution in [0.25, 0.3) is 0 Å². The van der Waals surface area contributed by atoms with E-state index >= 15 is 0 Å². The summed E-state index contributed by atoms with van der Waals surface area (Å²) in [6.07, 6.45) is 0. The van der Waals surface area contributed by atoms with Crippen LogP contribution in [0.5, 0.6) is 0 Å². The molecule has 0 aliphatic carbocycles. The molecule has 1 heterocycles. The molecule has 1 aromatic heterocycles.